The van der Waals surface area contributed by atoms with E-state index in [0.29, 0.717) is 18.4 Å². The lowest BCUT2D eigenvalue weighted by atomic mass is 9.83. The molecule has 1 aromatic heterocycles. The van der Waals surface area contributed by atoms with Crippen LogP contribution in [0.2, 0.25) is 0 Å². The third kappa shape index (κ3) is 4.51. The molecule has 1 saturated carbocycles. The van der Waals surface area contributed by atoms with Crippen molar-refractivity contribution in [1.82, 2.24) is 9.88 Å². The number of rotatable bonds is 5. The molecule has 0 unspecified atom stereocenters. The number of carbonyl (C=O) groups is 2. The Bertz CT molecular complexity index is 945. The average Bonchev–Trinajstić information content (AvgIpc) is 3.02. The van der Waals surface area contributed by atoms with E-state index in [2.05, 4.69) is 11.4 Å². The van der Waals surface area contributed by atoms with Crippen molar-refractivity contribution in [1.29, 1.82) is 5.26 Å². The normalized spacial score (nSPS) is 15.4. The minimum atomic E-state index is -0.830. The first-order chi connectivity index (χ1) is 13.8. The topological polar surface area (TPSA) is 84.1 Å². The van der Waals surface area contributed by atoms with Crippen molar-refractivity contribution < 1.29 is 14.3 Å². The number of nitrogens with zero attached hydrogens (tertiary/aromatic N) is 2. The highest BCUT2D eigenvalue weighted by Gasteiger charge is 2.33. The van der Waals surface area contributed by atoms with E-state index in [0.717, 1.165) is 41.9 Å². The third-order valence-electron chi connectivity index (χ3n) is 5.58. The molecular formula is C23H27N3O3. The van der Waals surface area contributed by atoms with Gasteiger partial charge in [-0.3, -0.25) is 4.79 Å². The Kier molecular flexibility index (Phi) is 6.07. The highest BCUT2D eigenvalue weighted by molar-refractivity contribution is 5.93. The van der Waals surface area contributed by atoms with E-state index in [1.807, 2.05) is 49.6 Å². The SMILES string of the molecule is Cc1ccc(-n2c(C)cc(C(=O)OCC(=O)NC3(C#N)CCCCC3)c2C)cc1. The first kappa shape index (κ1) is 20.7. The summed E-state index contributed by atoms with van der Waals surface area (Å²) in [7, 11) is 0. The number of nitriles is 1. The molecule has 0 spiro atoms. The minimum Gasteiger partial charge on any atom is -0.452 e. The van der Waals surface area contributed by atoms with Crippen LogP contribution < -0.4 is 5.32 Å². The Labute approximate surface area is 171 Å². The Morgan fingerprint density at radius 2 is 1.79 bits per heavy atom. The molecule has 6 nitrogen and oxygen atoms in total. The van der Waals surface area contributed by atoms with Crippen molar-refractivity contribution in [2.24, 2.45) is 0 Å². The number of aryl methyl sites for hydroxylation is 2. The maximum absolute atomic E-state index is 12.6. The summed E-state index contributed by atoms with van der Waals surface area (Å²) in [5.74, 6) is -0.976. The van der Waals surface area contributed by atoms with Crippen LogP contribution >= 0.6 is 0 Å². The lowest BCUT2D eigenvalue weighted by Crippen LogP contribution is -2.50. The zero-order valence-corrected chi connectivity index (χ0v) is 17.2. The number of nitrogens with one attached hydrogen (secondary N) is 1. The predicted molar refractivity (Wildman–Crippen MR) is 110 cm³/mol. The molecule has 0 aliphatic heterocycles. The van der Waals surface area contributed by atoms with Gasteiger partial charge >= 0.3 is 5.97 Å². The summed E-state index contributed by atoms with van der Waals surface area (Å²) in [6.45, 7) is 5.42. The van der Waals surface area contributed by atoms with Gasteiger partial charge in [-0.2, -0.15) is 5.26 Å². The molecule has 1 aliphatic carbocycles. The van der Waals surface area contributed by atoms with E-state index in [-0.39, 0.29) is 0 Å². The molecule has 2 aromatic rings. The van der Waals surface area contributed by atoms with Crippen molar-refractivity contribution in [2.45, 2.75) is 58.4 Å². The van der Waals surface area contributed by atoms with Gasteiger partial charge in [0.25, 0.3) is 5.91 Å². The summed E-state index contributed by atoms with van der Waals surface area (Å²) in [6, 6.07) is 12.1. The van der Waals surface area contributed by atoms with Gasteiger partial charge in [-0.1, -0.05) is 37.0 Å². The molecule has 152 valence electrons. The van der Waals surface area contributed by atoms with Crippen LogP contribution in [0.15, 0.2) is 30.3 Å². The van der Waals surface area contributed by atoms with E-state index in [9.17, 15) is 14.9 Å². The summed E-state index contributed by atoms with van der Waals surface area (Å²) in [5, 5.41) is 12.2. The summed E-state index contributed by atoms with van der Waals surface area (Å²) in [4.78, 5) is 24.9. The fourth-order valence-electron chi connectivity index (χ4n) is 3.99. The van der Waals surface area contributed by atoms with E-state index >= 15 is 0 Å². The molecule has 1 amide bonds. The Morgan fingerprint density at radius 3 is 2.41 bits per heavy atom. The van der Waals surface area contributed by atoms with Crippen molar-refractivity contribution in [3.63, 3.8) is 0 Å². The number of carbonyl (C=O) groups excluding carboxylic acids is 2. The zero-order valence-electron chi connectivity index (χ0n) is 17.2. The van der Waals surface area contributed by atoms with E-state index in [1.54, 1.807) is 6.07 Å². The van der Waals surface area contributed by atoms with E-state index < -0.39 is 24.0 Å². The highest BCUT2D eigenvalue weighted by Crippen LogP contribution is 2.27. The number of esters is 1. The standard InChI is InChI=1S/C23H27N3O3/c1-16-7-9-19(10-8-16)26-17(2)13-20(18(26)3)22(28)29-14-21(27)25-23(15-24)11-5-4-6-12-23/h7-10,13H,4-6,11-12,14H2,1-3H3,(H,25,27). The van der Waals surface area contributed by atoms with Crippen LogP contribution in [-0.2, 0) is 9.53 Å². The van der Waals surface area contributed by atoms with Gasteiger partial charge in [-0.15, -0.1) is 0 Å². The van der Waals surface area contributed by atoms with Gasteiger partial charge in [0, 0.05) is 17.1 Å². The van der Waals surface area contributed by atoms with Gasteiger partial charge in [-0.05, 0) is 51.8 Å². The minimum absolute atomic E-state index is 0.392. The van der Waals surface area contributed by atoms with E-state index in [1.165, 1.54) is 0 Å². The van der Waals surface area contributed by atoms with Crippen LogP contribution in [0.5, 0.6) is 0 Å². The molecule has 1 heterocycles. The van der Waals surface area contributed by atoms with Crippen molar-refractivity contribution >= 4 is 11.9 Å². The van der Waals surface area contributed by atoms with Crippen LogP contribution in [0.4, 0.5) is 0 Å². The van der Waals surface area contributed by atoms with Crippen LogP contribution in [0.1, 0.15) is 59.4 Å². The molecular weight excluding hydrogens is 366 g/mol. The monoisotopic (exact) mass is 393 g/mol. The second kappa shape index (κ2) is 8.52. The summed E-state index contributed by atoms with van der Waals surface area (Å²) < 4.78 is 7.24. The summed E-state index contributed by atoms with van der Waals surface area (Å²) >= 11 is 0. The Hall–Kier alpha value is -3.07. The number of benzene rings is 1. The Morgan fingerprint density at radius 1 is 1.14 bits per heavy atom. The van der Waals surface area contributed by atoms with Crippen LogP contribution in [0.25, 0.3) is 5.69 Å². The van der Waals surface area contributed by atoms with Crippen LogP contribution in [0.3, 0.4) is 0 Å². The maximum Gasteiger partial charge on any atom is 0.340 e. The average molecular weight is 393 g/mol. The number of ether oxygens (including phenoxy) is 1. The smallest absolute Gasteiger partial charge is 0.340 e. The van der Waals surface area contributed by atoms with Gasteiger partial charge in [0.05, 0.1) is 11.6 Å². The van der Waals surface area contributed by atoms with E-state index in [4.69, 9.17) is 4.74 Å². The highest BCUT2D eigenvalue weighted by atomic mass is 16.5. The van der Waals surface area contributed by atoms with Gasteiger partial charge in [-0.25, -0.2) is 4.79 Å². The molecule has 0 radical (unpaired) electrons. The number of amides is 1. The summed E-state index contributed by atoms with van der Waals surface area (Å²) in [5.41, 5.74) is 3.41. The number of hydrogen-bond donors (Lipinski definition) is 1. The van der Waals surface area contributed by atoms with Crippen molar-refractivity contribution in [3.05, 3.63) is 52.8 Å². The van der Waals surface area contributed by atoms with Crippen molar-refractivity contribution in [3.8, 4) is 11.8 Å². The quantitative estimate of drug-likeness (QED) is 0.781. The molecule has 1 aliphatic rings. The molecule has 0 bridgehead atoms. The predicted octanol–water partition coefficient (Wildman–Crippen LogP) is 3.90. The molecule has 1 N–H and O–H groups in total. The van der Waals surface area contributed by atoms with Gasteiger partial charge < -0.3 is 14.6 Å². The molecule has 1 fully saturated rings. The third-order valence-corrected chi connectivity index (χ3v) is 5.58. The fraction of sp³-hybridized carbons (Fsp3) is 0.435. The molecule has 1 aromatic carbocycles. The molecule has 6 heteroatoms. The lowest BCUT2D eigenvalue weighted by molar-refractivity contribution is -0.125. The Balaban J connectivity index is 1.67. The van der Waals surface area contributed by atoms with Crippen LogP contribution in [-0.4, -0.2) is 28.6 Å². The second-order valence-electron chi connectivity index (χ2n) is 7.83. The van der Waals surface area contributed by atoms with Gasteiger partial charge in [0.15, 0.2) is 6.61 Å². The van der Waals surface area contributed by atoms with Gasteiger partial charge in [0.1, 0.15) is 5.54 Å². The largest absolute Gasteiger partial charge is 0.452 e. The first-order valence-corrected chi connectivity index (χ1v) is 10.0. The van der Waals surface area contributed by atoms with Gasteiger partial charge in [0.2, 0.25) is 0 Å². The number of aromatic nitrogens is 1. The van der Waals surface area contributed by atoms with Crippen LogP contribution in [0, 0.1) is 32.1 Å². The molecule has 29 heavy (non-hydrogen) atoms. The first-order valence-electron chi connectivity index (χ1n) is 10.0. The molecule has 0 atom stereocenters. The lowest BCUT2D eigenvalue weighted by Gasteiger charge is -2.31. The van der Waals surface area contributed by atoms with Crippen molar-refractivity contribution in [2.75, 3.05) is 6.61 Å². The number of hydrogen-bond acceptors (Lipinski definition) is 4. The summed E-state index contributed by atoms with van der Waals surface area (Å²) in [6.07, 6.45) is 4.18. The zero-order chi connectivity index (χ0) is 21.0. The molecule has 0 saturated heterocycles. The fourth-order valence-corrected chi connectivity index (χ4v) is 3.99. The molecule has 3 rings (SSSR count). The maximum atomic E-state index is 12.6. The second-order valence-corrected chi connectivity index (χ2v) is 7.83.